The van der Waals surface area contributed by atoms with Crippen molar-refractivity contribution in [1.82, 2.24) is 14.5 Å². The van der Waals surface area contributed by atoms with Gasteiger partial charge in [0.1, 0.15) is 12.0 Å². The maximum absolute atomic E-state index is 10.6. The number of nitro groups is 1. The summed E-state index contributed by atoms with van der Waals surface area (Å²) in [6.45, 7) is 1.96. The van der Waals surface area contributed by atoms with Gasteiger partial charge in [-0.25, -0.2) is 9.97 Å². The summed E-state index contributed by atoms with van der Waals surface area (Å²) in [6.07, 6.45) is 5.26. The summed E-state index contributed by atoms with van der Waals surface area (Å²) in [5.74, 6) is 1.25. The van der Waals surface area contributed by atoms with Crippen LogP contribution in [0.25, 0.3) is 5.82 Å². The Balaban J connectivity index is 2.50. The van der Waals surface area contributed by atoms with E-state index in [0.717, 1.165) is 12.2 Å². The Morgan fingerprint density at radius 1 is 1.53 bits per heavy atom. The van der Waals surface area contributed by atoms with Gasteiger partial charge in [0, 0.05) is 24.9 Å². The van der Waals surface area contributed by atoms with Crippen molar-refractivity contribution in [2.24, 2.45) is 0 Å². The number of rotatable bonds is 3. The molecule has 2 aromatic heterocycles. The summed E-state index contributed by atoms with van der Waals surface area (Å²) in [6, 6.07) is 1.28. The molecule has 88 valence electrons. The molecule has 0 amide bonds. The number of imidazole rings is 1. The van der Waals surface area contributed by atoms with E-state index < -0.39 is 4.92 Å². The highest BCUT2D eigenvalue weighted by atomic mass is 35.5. The first-order valence-corrected chi connectivity index (χ1v) is 5.33. The minimum atomic E-state index is -0.530. The molecule has 0 aliphatic rings. The van der Waals surface area contributed by atoms with Crippen molar-refractivity contribution in [1.29, 1.82) is 0 Å². The van der Waals surface area contributed by atoms with Crippen molar-refractivity contribution < 1.29 is 4.92 Å². The lowest BCUT2D eigenvalue weighted by Crippen LogP contribution is -2.03. The molecule has 0 radical (unpaired) electrons. The molecule has 6 nitrogen and oxygen atoms in total. The van der Waals surface area contributed by atoms with Gasteiger partial charge in [-0.2, -0.15) is 0 Å². The van der Waals surface area contributed by atoms with Gasteiger partial charge in [0.25, 0.3) is 5.69 Å². The molecule has 17 heavy (non-hydrogen) atoms. The fourth-order valence-electron chi connectivity index (χ4n) is 1.49. The minimum absolute atomic E-state index is 0.128. The zero-order chi connectivity index (χ0) is 12.4. The van der Waals surface area contributed by atoms with Crippen LogP contribution in [0.3, 0.4) is 0 Å². The van der Waals surface area contributed by atoms with Gasteiger partial charge in [0.2, 0.25) is 0 Å². The average molecular weight is 253 g/mol. The lowest BCUT2D eigenvalue weighted by Gasteiger charge is -2.06. The largest absolute Gasteiger partial charge is 0.289 e. The van der Waals surface area contributed by atoms with E-state index in [1.807, 2.05) is 6.92 Å². The molecular formula is C10H9ClN4O2. The SMILES string of the molecule is CCc1nccn1-c1ncc([N+](=O)[O-])cc1Cl. The van der Waals surface area contributed by atoms with Crippen LogP contribution < -0.4 is 0 Å². The lowest BCUT2D eigenvalue weighted by molar-refractivity contribution is -0.385. The molecule has 2 heterocycles. The topological polar surface area (TPSA) is 73.8 Å². The normalized spacial score (nSPS) is 10.5. The number of nitrogens with zero attached hydrogens (tertiary/aromatic N) is 4. The maximum atomic E-state index is 10.6. The zero-order valence-corrected chi connectivity index (χ0v) is 9.76. The van der Waals surface area contributed by atoms with Gasteiger partial charge < -0.3 is 0 Å². The van der Waals surface area contributed by atoms with Gasteiger partial charge >= 0.3 is 0 Å². The summed E-state index contributed by atoms with van der Waals surface area (Å²) < 4.78 is 1.71. The second kappa shape index (κ2) is 4.50. The van der Waals surface area contributed by atoms with Crippen molar-refractivity contribution in [3.05, 3.63) is 45.6 Å². The molecule has 0 atom stereocenters. The summed E-state index contributed by atoms with van der Waals surface area (Å²) in [4.78, 5) is 18.2. The standard InChI is InChI=1S/C10H9ClN4O2/c1-2-9-12-3-4-14(9)10-8(11)5-7(6-13-10)15(16)17/h3-6H,2H2,1H3. The van der Waals surface area contributed by atoms with Crippen molar-refractivity contribution in [3.63, 3.8) is 0 Å². The Morgan fingerprint density at radius 2 is 2.29 bits per heavy atom. The van der Waals surface area contributed by atoms with E-state index in [1.165, 1.54) is 12.3 Å². The van der Waals surface area contributed by atoms with Gasteiger partial charge in [-0.1, -0.05) is 18.5 Å². The van der Waals surface area contributed by atoms with Crippen LogP contribution in [0.5, 0.6) is 0 Å². The number of halogens is 1. The van der Waals surface area contributed by atoms with E-state index >= 15 is 0 Å². The first-order chi connectivity index (χ1) is 8.13. The Kier molecular flexibility index (Phi) is 3.06. The molecule has 0 bridgehead atoms. The highest BCUT2D eigenvalue weighted by Crippen LogP contribution is 2.23. The molecule has 2 aromatic rings. The second-order valence-electron chi connectivity index (χ2n) is 3.32. The number of hydrogen-bond acceptors (Lipinski definition) is 4. The zero-order valence-electron chi connectivity index (χ0n) is 9.00. The van der Waals surface area contributed by atoms with Crippen molar-refractivity contribution in [2.75, 3.05) is 0 Å². The third-order valence-corrected chi connectivity index (χ3v) is 2.56. The van der Waals surface area contributed by atoms with E-state index in [2.05, 4.69) is 9.97 Å². The molecule has 2 rings (SSSR count). The summed E-state index contributed by atoms with van der Waals surface area (Å²) >= 11 is 5.98. The monoisotopic (exact) mass is 252 g/mol. The molecule has 0 N–H and O–H groups in total. The predicted molar refractivity (Wildman–Crippen MR) is 62.4 cm³/mol. The molecule has 0 aromatic carbocycles. The summed E-state index contributed by atoms with van der Waals surface area (Å²) in [7, 11) is 0. The number of pyridine rings is 1. The highest BCUT2D eigenvalue weighted by molar-refractivity contribution is 6.32. The molecule has 0 aliphatic heterocycles. The van der Waals surface area contributed by atoms with Crippen molar-refractivity contribution >= 4 is 17.3 Å². The summed E-state index contributed by atoms with van der Waals surface area (Å²) in [5, 5.41) is 10.8. The van der Waals surface area contributed by atoms with E-state index in [9.17, 15) is 10.1 Å². The average Bonchev–Trinajstić information content (AvgIpc) is 2.76. The predicted octanol–water partition coefficient (Wildman–Crippen LogP) is 2.39. The van der Waals surface area contributed by atoms with Gasteiger partial charge in [-0.05, 0) is 0 Å². The molecule has 0 saturated heterocycles. The van der Waals surface area contributed by atoms with Crippen molar-refractivity contribution in [2.45, 2.75) is 13.3 Å². The maximum Gasteiger partial charge on any atom is 0.289 e. The summed E-state index contributed by atoms with van der Waals surface area (Å²) in [5.41, 5.74) is -0.128. The van der Waals surface area contributed by atoms with E-state index in [1.54, 1.807) is 17.0 Å². The molecule has 0 aliphatic carbocycles. The van der Waals surface area contributed by atoms with Crippen LogP contribution in [0, 0.1) is 10.1 Å². The number of aryl methyl sites for hydroxylation is 1. The third kappa shape index (κ3) is 2.12. The van der Waals surface area contributed by atoms with Gasteiger partial charge in [0.15, 0.2) is 5.82 Å². The Labute approximate surface area is 102 Å². The number of aromatic nitrogens is 3. The van der Waals surface area contributed by atoms with Crippen molar-refractivity contribution in [3.8, 4) is 5.82 Å². The van der Waals surface area contributed by atoms with Crippen LogP contribution in [0.1, 0.15) is 12.7 Å². The van der Waals surface area contributed by atoms with Crippen LogP contribution in [0.2, 0.25) is 5.02 Å². The van der Waals surface area contributed by atoms with Gasteiger partial charge in [-0.3, -0.25) is 14.7 Å². The van der Waals surface area contributed by atoms with E-state index in [4.69, 9.17) is 11.6 Å². The quantitative estimate of drug-likeness (QED) is 0.621. The van der Waals surface area contributed by atoms with Gasteiger partial charge in [-0.15, -0.1) is 0 Å². The molecular weight excluding hydrogens is 244 g/mol. The van der Waals surface area contributed by atoms with Gasteiger partial charge in [0.05, 0.1) is 9.95 Å². The fourth-order valence-corrected chi connectivity index (χ4v) is 1.74. The molecule has 0 unspecified atom stereocenters. The Morgan fingerprint density at radius 3 is 2.88 bits per heavy atom. The molecule has 0 fully saturated rings. The first-order valence-electron chi connectivity index (χ1n) is 4.96. The van der Waals surface area contributed by atoms with E-state index in [-0.39, 0.29) is 10.7 Å². The fraction of sp³-hybridized carbons (Fsp3) is 0.200. The van der Waals surface area contributed by atoms with Crippen LogP contribution in [0.4, 0.5) is 5.69 Å². The first kappa shape index (κ1) is 11.5. The second-order valence-corrected chi connectivity index (χ2v) is 3.73. The smallest absolute Gasteiger partial charge is 0.287 e. The number of hydrogen-bond donors (Lipinski definition) is 0. The third-order valence-electron chi connectivity index (χ3n) is 2.28. The van der Waals surface area contributed by atoms with Crippen LogP contribution in [-0.4, -0.2) is 19.5 Å². The molecule has 0 saturated carbocycles. The molecule has 7 heteroatoms. The van der Waals surface area contributed by atoms with Crippen LogP contribution >= 0.6 is 11.6 Å². The minimum Gasteiger partial charge on any atom is -0.287 e. The van der Waals surface area contributed by atoms with Crippen LogP contribution in [0.15, 0.2) is 24.7 Å². The Bertz CT molecular complexity index is 567. The highest BCUT2D eigenvalue weighted by Gasteiger charge is 2.13. The van der Waals surface area contributed by atoms with Crippen LogP contribution in [-0.2, 0) is 6.42 Å². The lowest BCUT2D eigenvalue weighted by atomic mass is 10.4. The van der Waals surface area contributed by atoms with E-state index in [0.29, 0.717) is 5.82 Å². The molecule has 0 spiro atoms. The Hall–Kier alpha value is -1.95.